The summed E-state index contributed by atoms with van der Waals surface area (Å²) in [7, 11) is 0. The minimum absolute atomic E-state index is 0.00236. The van der Waals surface area contributed by atoms with Crippen molar-refractivity contribution >= 4 is 5.97 Å². The number of aliphatic hydroxyl groups is 2. The summed E-state index contributed by atoms with van der Waals surface area (Å²) in [5.74, 6) is -1.40. The summed E-state index contributed by atoms with van der Waals surface area (Å²) >= 11 is 0. The molecule has 4 N–H and O–H groups in total. The summed E-state index contributed by atoms with van der Waals surface area (Å²) in [5, 5.41) is 27.7. The number of rotatable bonds is 5. The van der Waals surface area contributed by atoms with E-state index in [1.165, 1.54) is 0 Å². The Balaban J connectivity index is 3.31. The summed E-state index contributed by atoms with van der Waals surface area (Å²) in [6, 6.07) is 0. The second-order valence-corrected chi connectivity index (χ2v) is 2.38. The zero-order valence-corrected chi connectivity index (χ0v) is 6.32. The molecule has 0 aromatic rings. The van der Waals surface area contributed by atoms with Crippen molar-refractivity contribution in [1.29, 1.82) is 0 Å². The van der Waals surface area contributed by atoms with Gasteiger partial charge in [0.15, 0.2) is 6.29 Å². The van der Waals surface area contributed by atoms with Crippen molar-refractivity contribution in [2.75, 3.05) is 13.1 Å². The normalized spacial score (nSPS) is 13.5. The molecule has 0 aromatic heterocycles. The second-order valence-electron chi connectivity index (χ2n) is 2.38. The molecule has 66 valence electrons. The Morgan fingerprint density at radius 3 is 2.36 bits per heavy atom. The van der Waals surface area contributed by atoms with Crippen LogP contribution in [-0.4, -0.2) is 40.7 Å². The van der Waals surface area contributed by atoms with E-state index in [0.29, 0.717) is 0 Å². The van der Waals surface area contributed by atoms with Crippen LogP contribution in [0.25, 0.3) is 0 Å². The van der Waals surface area contributed by atoms with Gasteiger partial charge in [0.1, 0.15) is 0 Å². The lowest BCUT2D eigenvalue weighted by Crippen LogP contribution is -2.32. The number of hydrogen-bond donors (Lipinski definition) is 4. The summed E-state index contributed by atoms with van der Waals surface area (Å²) < 4.78 is 0. The van der Waals surface area contributed by atoms with Crippen molar-refractivity contribution in [3.8, 4) is 0 Å². The smallest absolute Gasteiger partial charge is 0.307 e. The van der Waals surface area contributed by atoms with Crippen LogP contribution in [0, 0.1) is 5.92 Å². The number of carboxylic acid groups (broad SMARTS) is 1. The molecule has 0 heterocycles. The molecule has 1 atom stereocenters. The zero-order valence-electron chi connectivity index (χ0n) is 6.32. The van der Waals surface area contributed by atoms with Gasteiger partial charge in [-0.1, -0.05) is 6.92 Å². The maximum atomic E-state index is 10.2. The Kier molecular flexibility index (Phi) is 4.76. The third kappa shape index (κ3) is 5.78. The highest BCUT2D eigenvalue weighted by Gasteiger charge is 2.09. The Morgan fingerprint density at radius 1 is 1.45 bits per heavy atom. The first kappa shape index (κ1) is 10.3. The van der Waals surface area contributed by atoms with Crippen LogP contribution in [0.5, 0.6) is 0 Å². The molecule has 0 aromatic carbocycles. The number of aliphatic hydroxyl groups excluding tert-OH is 1. The fourth-order valence-corrected chi connectivity index (χ4v) is 0.516. The van der Waals surface area contributed by atoms with Gasteiger partial charge in [0.05, 0.1) is 5.92 Å². The van der Waals surface area contributed by atoms with Gasteiger partial charge in [0.2, 0.25) is 0 Å². The Morgan fingerprint density at radius 2 is 2.00 bits per heavy atom. The number of hydrogen-bond acceptors (Lipinski definition) is 4. The summed E-state index contributed by atoms with van der Waals surface area (Å²) in [6.07, 6.45) is -1.42. The highest BCUT2D eigenvalue weighted by Crippen LogP contribution is 1.90. The summed E-state index contributed by atoms with van der Waals surface area (Å²) in [5.41, 5.74) is 0. The number of nitrogens with one attached hydrogen (secondary N) is 1. The van der Waals surface area contributed by atoms with Gasteiger partial charge in [-0.2, -0.15) is 0 Å². The van der Waals surface area contributed by atoms with Crippen molar-refractivity contribution in [1.82, 2.24) is 5.32 Å². The predicted octanol–water partition coefficient (Wildman–Crippen LogP) is -1.39. The van der Waals surface area contributed by atoms with Crippen molar-refractivity contribution in [2.24, 2.45) is 5.92 Å². The van der Waals surface area contributed by atoms with Crippen LogP contribution in [-0.2, 0) is 4.79 Å². The molecule has 0 aliphatic rings. The van der Waals surface area contributed by atoms with Crippen molar-refractivity contribution in [2.45, 2.75) is 13.2 Å². The van der Waals surface area contributed by atoms with Crippen molar-refractivity contribution in [3.63, 3.8) is 0 Å². The third-order valence-electron chi connectivity index (χ3n) is 1.20. The minimum atomic E-state index is -1.42. The summed E-state index contributed by atoms with van der Waals surface area (Å²) in [6.45, 7) is 1.78. The number of carbonyl (C=O) groups is 1. The molecule has 0 aliphatic carbocycles. The summed E-state index contributed by atoms with van der Waals surface area (Å²) in [4.78, 5) is 10.2. The molecule has 0 saturated carbocycles. The molecular formula is C6H13NO4. The van der Waals surface area contributed by atoms with E-state index in [1.54, 1.807) is 6.92 Å². The predicted molar refractivity (Wildman–Crippen MR) is 37.9 cm³/mol. The molecule has 0 fully saturated rings. The Labute approximate surface area is 64.7 Å². The number of aliphatic carboxylic acids is 1. The highest BCUT2D eigenvalue weighted by atomic mass is 16.5. The van der Waals surface area contributed by atoms with Gasteiger partial charge < -0.3 is 20.6 Å². The van der Waals surface area contributed by atoms with Gasteiger partial charge in [0, 0.05) is 13.1 Å². The van der Waals surface area contributed by atoms with Crippen LogP contribution in [0.4, 0.5) is 0 Å². The van der Waals surface area contributed by atoms with E-state index in [0.717, 1.165) is 0 Å². The van der Waals surface area contributed by atoms with Crippen LogP contribution >= 0.6 is 0 Å². The molecule has 0 radical (unpaired) electrons. The highest BCUT2D eigenvalue weighted by molar-refractivity contribution is 5.69. The maximum Gasteiger partial charge on any atom is 0.307 e. The molecule has 0 saturated heterocycles. The first-order valence-corrected chi connectivity index (χ1v) is 3.33. The van der Waals surface area contributed by atoms with Crippen LogP contribution < -0.4 is 5.32 Å². The largest absolute Gasteiger partial charge is 0.481 e. The van der Waals surface area contributed by atoms with Crippen LogP contribution in [0.15, 0.2) is 0 Å². The average molecular weight is 163 g/mol. The number of carboxylic acids is 1. The van der Waals surface area contributed by atoms with E-state index in [2.05, 4.69) is 5.32 Å². The fourth-order valence-electron chi connectivity index (χ4n) is 0.516. The molecule has 0 bridgehead atoms. The molecule has 5 nitrogen and oxygen atoms in total. The van der Waals surface area contributed by atoms with Gasteiger partial charge in [-0.3, -0.25) is 4.79 Å². The maximum absolute atomic E-state index is 10.2. The van der Waals surface area contributed by atoms with E-state index < -0.39 is 18.2 Å². The molecule has 0 amide bonds. The molecule has 11 heavy (non-hydrogen) atoms. The van der Waals surface area contributed by atoms with Gasteiger partial charge >= 0.3 is 5.97 Å². The fraction of sp³-hybridized carbons (Fsp3) is 0.833. The zero-order chi connectivity index (χ0) is 8.85. The topological polar surface area (TPSA) is 89.8 Å². The van der Waals surface area contributed by atoms with E-state index in [1.807, 2.05) is 0 Å². The third-order valence-corrected chi connectivity index (χ3v) is 1.20. The Hall–Kier alpha value is -0.650. The molecular weight excluding hydrogens is 150 g/mol. The van der Waals surface area contributed by atoms with Gasteiger partial charge in [-0.15, -0.1) is 0 Å². The van der Waals surface area contributed by atoms with E-state index in [-0.39, 0.29) is 13.1 Å². The monoisotopic (exact) mass is 163 g/mol. The molecule has 0 spiro atoms. The quantitative estimate of drug-likeness (QED) is 0.374. The van der Waals surface area contributed by atoms with E-state index in [9.17, 15) is 4.79 Å². The van der Waals surface area contributed by atoms with Crippen molar-refractivity contribution < 1.29 is 20.1 Å². The van der Waals surface area contributed by atoms with Crippen molar-refractivity contribution in [3.05, 3.63) is 0 Å². The van der Waals surface area contributed by atoms with Gasteiger partial charge in [-0.05, 0) is 0 Å². The lowest BCUT2D eigenvalue weighted by atomic mass is 10.2. The first-order valence-electron chi connectivity index (χ1n) is 3.33. The van der Waals surface area contributed by atoms with Crippen LogP contribution in [0.3, 0.4) is 0 Å². The standard InChI is InChI=1S/C6H13NO4/c1-4(6(10)11)2-7-3-5(8)9/h4-5,7-9H,2-3H2,1H3,(H,10,11). The lowest BCUT2D eigenvalue weighted by Gasteiger charge is -2.08. The van der Waals surface area contributed by atoms with E-state index >= 15 is 0 Å². The molecule has 0 aliphatic heterocycles. The first-order chi connectivity index (χ1) is 5.04. The minimum Gasteiger partial charge on any atom is -0.481 e. The van der Waals surface area contributed by atoms with Gasteiger partial charge in [-0.25, -0.2) is 0 Å². The van der Waals surface area contributed by atoms with Crippen LogP contribution in [0.1, 0.15) is 6.92 Å². The molecule has 0 rings (SSSR count). The average Bonchev–Trinajstić information content (AvgIpc) is 1.86. The van der Waals surface area contributed by atoms with E-state index in [4.69, 9.17) is 15.3 Å². The molecule has 1 unspecified atom stereocenters. The van der Waals surface area contributed by atoms with Crippen LogP contribution in [0.2, 0.25) is 0 Å². The Bertz CT molecular complexity index is 126. The lowest BCUT2D eigenvalue weighted by molar-refractivity contribution is -0.141. The second kappa shape index (κ2) is 5.06. The molecule has 5 heteroatoms. The SMILES string of the molecule is CC(CNCC(O)O)C(=O)O. The van der Waals surface area contributed by atoms with Gasteiger partial charge in [0.25, 0.3) is 0 Å².